The van der Waals surface area contributed by atoms with Gasteiger partial charge in [0, 0.05) is 0 Å². The summed E-state index contributed by atoms with van der Waals surface area (Å²) in [5.41, 5.74) is -0.530. The lowest BCUT2D eigenvalue weighted by Gasteiger charge is -2.39. The molecule has 172 valence electrons. The summed E-state index contributed by atoms with van der Waals surface area (Å²) >= 11 is 0. The Balaban J connectivity index is 1.67. The van der Waals surface area contributed by atoms with Crippen LogP contribution in [0.2, 0.25) is 0 Å². The number of benzene rings is 2. The first kappa shape index (κ1) is 23.6. The summed E-state index contributed by atoms with van der Waals surface area (Å²) in [5, 5.41) is 0. The number of hydrogen-bond acceptors (Lipinski definition) is 8. The molecule has 32 heavy (non-hydrogen) atoms. The van der Waals surface area contributed by atoms with Crippen molar-refractivity contribution in [1.82, 2.24) is 0 Å². The lowest BCUT2D eigenvalue weighted by atomic mass is 9.78. The van der Waals surface area contributed by atoms with Gasteiger partial charge in [0.15, 0.2) is 0 Å². The maximum Gasteiger partial charge on any atom is 0.376 e. The van der Waals surface area contributed by atoms with Crippen LogP contribution in [0.1, 0.15) is 53.8 Å². The molecule has 0 saturated heterocycles. The maximum atomic E-state index is 12.5. The molecule has 1 fully saturated rings. The summed E-state index contributed by atoms with van der Waals surface area (Å²) < 4.78 is 10.4. The van der Waals surface area contributed by atoms with Gasteiger partial charge in [0.25, 0.3) is 0 Å². The SMILES string of the molecule is COc1ccccc1C(=O)OOC1CC(C)CCC1(C)OOC(=O)c1ccccc1OC. The van der Waals surface area contributed by atoms with Gasteiger partial charge in [0.05, 0.1) is 14.2 Å². The van der Waals surface area contributed by atoms with Gasteiger partial charge in [-0.3, -0.25) is 9.78 Å². The van der Waals surface area contributed by atoms with E-state index < -0.39 is 23.6 Å². The standard InChI is InChI=1S/C24H28O8/c1-16-13-14-24(2,32-31-23(26)18-10-6-8-12-20(18)28-4)21(15-16)29-30-22(25)17-9-5-7-11-19(17)27-3/h5-12,16,21H,13-15H2,1-4H3. The molecule has 3 atom stereocenters. The van der Waals surface area contributed by atoms with Crippen LogP contribution in [-0.4, -0.2) is 37.9 Å². The Morgan fingerprint density at radius 3 is 1.97 bits per heavy atom. The van der Waals surface area contributed by atoms with Gasteiger partial charge in [0.1, 0.15) is 34.3 Å². The second kappa shape index (κ2) is 10.5. The molecule has 0 heterocycles. The predicted octanol–water partition coefficient (Wildman–Crippen LogP) is 4.53. The van der Waals surface area contributed by atoms with Crippen molar-refractivity contribution in [3.63, 3.8) is 0 Å². The van der Waals surface area contributed by atoms with Crippen LogP contribution in [0, 0.1) is 5.92 Å². The van der Waals surface area contributed by atoms with Crippen LogP contribution in [-0.2, 0) is 19.6 Å². The fraction of sp³-hybridized carbons (Fsp3) is 0.417. The molecule has 0 amide bonds. The molecule has 0 radical (unpaired) electrons. The highest BCUT2D eigenvalue weighted by molar-refractivity contribution is 5.92. The van der Waals surface area contributed by atoms with Crippen molar-refractivity contribution >= 4 is 11.9 Å². The first-order valence-electron chi connectivity index (χ1n) is 10.4. The molecule has 1 saturated carbocycles. The third-order valence-electron chi connectivity index (χ3n) is 5.63. The number of ether oxygens (including phenoxy) is 2. The molecule has 0 N–H and O–H groups in total. The summed E-state index contributed by atoms with van der Waals surface area (Å²) in [6.07, 6.45) is 1.30. The zero-order chi connectivity index (χ0) is 23.1. The van der Waals surface area contributed by atoms with E-state index in [1.165, 1.54) is 14.2 Å². The fourth-order valence-electron chi connectivity index (χ4n) is 3.61. The van der Waals surface area contributed by atoms with Crippen molar-refractivity contribution in [1.29, 1.82) is 0 Å². The van der Waals surface area contributed by atoms with Gasteiger partial charge in [-0.15, -0.1) is 0 Å². The van der Waals surface area contributed by atoms with Gasteiger partial charge in [0.2, 0.25) is 0 Å². The molecule has 2 aromatic carbocycles. The first-order chi connectivity index (χ1) is 15.4. The Morgan fingerprint density at radius 2 is 1.41 bits per heavy atom. The van der Waals surface area contributed by atoms with Gasteiger partial charge < -0.3 is 9.47 Å². The van der Waals surface area contributed by atoms with Crippen LogP contribution < -0.4 is 9.47 Å². The van der Waals surface area contributed by atoms with Crippen molar-refractivity contribution < 1.29 is 38.6 Å². The normalized spacial score (nSPS) is 22.6. The highest BCUT2D eigenvalue weighted by atomic mass is 17.2. The molecule has 0 aromatic heterocycles. The highest BCUT2D eigenvalue weighted by Crippen LogP contribution is 2.37. The highest BCUT2D eigenvalue weighted by Gasteiger charge is 2.45. The Kier molecular flexibility index (Phi) is 7.71. The monoisotopic (exact) mass is 444 g/mol. The van der Waals surface area contributed by atoms with E-state index in [4.69, 9.17) is 29.0 Å². The molecule has 8 heteroatoms. The fourth-order valence-corrected chi connectivity index (χ4v) is 3.61. The topological polar surface area (TPSA) is 89.5 Å². The van der Waals surface area contributed by atoms with Crippen molar-refractivity contribution in [3.05, 3.63) is 59.7 Å². The average molecular weight is 444 g/mol. The average Bonchev–Trinajstić information content (AvgIpc) is 2.83. The van der Waals surface area contributed by atoms with Crippen molar-refractivity contribution in [2.45, 2.75) is 44.8 Å². The van der Waals surface area contributed by atoms with Crippen LogP contribution in [0.25, 0.3) is 0 Å². The molecule has 8 nitrogen and oxygen atoms in total. The Morgan fingerprint density at radius 1 is 0.875 bits per heavy atom. The van der Waals surface area contributed by atoms with Crippen molar-refractivity contribution in [2.75, 3.05) is 14.2 Å². The van der Waals surface area contributed by atoms with E-state index in [0.29, 0.717) is 30.3 Å². The Hall–Kier alpha value is -3.10. The number of para-hydroxylation sites is 2. The van der Waals surface area contributed by atoms with E-state index in [1.54, 1.807) is 55.5 Å². The van der Waals surface area contributed by atoms with Gasteiger partial charge in [-0.25, -0.2) is 9.59 Å². The zero-order valence-electron chi connectivity index (χ0n) is 18.7. The molecule has 1 aliphatic carbocycles. The van der Waals surface area contributed by atoms with Crippen molar-refractivity contribution in [3.8, 4) is 11.5 Å². The molecular weight excluding hydrogens is 416 g/mol. The number of methoxy groups -OCH3 is 2. The zero-order valence-corrected chi connectivity index (χ0v) is 18.7. The van der Waals surface area contributed by atoms with Gasteiger partial charge in [-0.05, 0) is 56.4 Å². The molecule has 3 unspecified atom stereocenters. The van der Waals surface area contributed by atoms with Crippen LogP contribution >= 0.6 is 0 Å². The van der Waals surface area contributed by atoms with Gasteiger partial charge in [-0.1, -0.05) is 31.2 Å². The van der Waals surface area contributed by atoms with Crippen LogP contribution in [0.5, 0.6) is 11.5 Å². The van der Waals surface area contributed by atoms with Crippen LogP contribution in [0.3, 0.4) is 0 Å². The van der Waals surface area contributed by atoms with E-state index in [-0.39, 0.29) is 11.1 Å². The van der Waals surface area contributed by atoms with Gasteiger partial charge >= 0.3 is 11.9 Å². The smallest absolute Gasteiger partial charge is 0.376 e. The largest absolute Gasteiger partial charge is 0.496 e. The van der Waals surface area contributed by atoms with E-state index in [9.17, 15) is 9.59 Å². The second-order valence-corrected chi connectivity index (χ2v) is 8.00. The Bertz CT molecular complexity index is 943. The number of rotatable bonds is 8. The minimum atomic E-state index is -1.01. The summed E-state index contributed by atoms with van der Waals surface area (Å²) in [6, 6.07) is 13.4. The Labute approximate surface area is 187 Å². The lowest BCUT2D eigenvalue weighted by Crippen LogP contribution is -2.48. The summed E-state index contributed by atoms with van der Waals surface area (Å²) in [5.74, 6) is -0.308. The quantitative estimate of drug-likeness (QED) is 0.433. The molecule has 0 aliphatic heterocycles. The van der Waals surface area contributed by atoms with E-state index in [1.807, 2.05) is 0 Å². The molecular formula is C24H28O8. The summed E-state index contributed by atoms with van der Waals surface area (Å²) in [4.78, 5) is 46.4. The minimum Gasteiger partial charge on any atom is -0.496 e. The van der Waals surface area contributed by atoms with Crippen LogP contribution in [0.4, 0.5) is 0 Å². The second-order valence-electron chi connectivity index (χ2n) is 8.00. The van der Waals surface area contributed by atoms with E-state index in [0.717, 1.165) is 6.42 Å². The van der Waals surface area contributed by atoms with E-state index >= 15 is 0 Å². The molecule has 0 spiro atoms. The van der Waals surface area contributed by atoms with E-state index in [2.05, 4.69) is 6.92 Å². The molecule has 0 bridgehead atoms. The summed E-state index contributed by atoms with van der Waals surface area (Å²) in [7, 11) is 2.94. The molecule has 1 aliphatic rings. The first-order valence-corrected chi connectivity index (χ1v) is 10.4. The molecule has 2 aromatic rings. The van der Waals surface area contributed by atoms with Crippen molar-refractivity contribution in [2.24, 2.45) is 5.92 Å². The molecule has 3 rings (SSSR count). The maximum absolute atomic E-state index is 12.5. The predicted molar refractivity (Wildman–Crippen MR) is 114 cm³/mol. The number of hydrogen-bond donors (Lipinski definition) is 0. The third-order valence-corrected chi connectivity index (χ3v) is 5.63. The third kappa shape index (κ3) is 5.38. The summed E-state index contributed by atoms with van der Waals surface area (Å²) in [6.45, 7) is 3.83. The minimum absolute atomic E-state index is 0.239. The number of carbonyl (C=O) groups excluding carboxylic acids is 2. The lowest BCUT2D eigenvalue weighted by molar-refractivity contribution is -0.388. The number of carbonyl (C=O) groups is 2. The van der Waals surface area contributed by atoms with Gasteiger partial charge in [-0.2, -0.15) is 9.78 Å². The van der Waals surface area contributed by atoms with Crippen LogP contribution in [0.15, 0.2) is 48.5 Å².